The van der Waals surface area contributed by atoms with Gasteiger partial charge in [0.05, 0.1) is 23.9 Å². The predicted octanol–water partition coefficient (Wildman–Crippen LogP) is 2.68. The van der Waals surface area contributed by atoms with Crippen molar-refractivity contribution < 1.29 is 14.3 Å². The maximum Gasteiger partial charge on any atom is 0.324 e. The highest BCUT2D eigenvalue weighted by atomic mass is 32.2. The number of nitrogens with zero attached hydrogens (tertiary/aromatic N) is 3. The number of hydrogen-bond donors (Lipinski definition) is 1. The van der Waals surface area contributed by atoms with Gasteiger partial charge in [0.1, 0.15) is 5.75 Å². The van der Waals surface area contributed by atoms with Crippen molar-refractivity contribution >= 4 is 34.7 Å². The first-order valence-electron chi connectivity index (χ1n) is 8.50. The van der Waals surface area contributed by atoms with E-state index in [1.54, 1.807) is 7.11 Å². The molecule has 3 aromatic rings. The molecule has 0 spiro atoms. The van der Waals surface area contributed by atoms with Gasteiger partial charge in [0.2, 0.25) is 5.91 Å². The summed E-state index contributed by atoms with van der Waals surface area (Å²) in [6, 6.07) is 15.2. The maximum absolute atomic E-state index is 12.4. The molecule has 138 valence electrons. The number of imide groups is 1. The number of amides is 3. The van der Waals surface area contributed by atoms with Crippen LogP contribution in [0.25, 0.3) is 16.7 Å². The van der Waals surface area contributed by atoms with Crippen molar-refractivity contribution in [3.63, 3.8) is 0 Å². The predicted molar refractivity (Wildman–Crippen MR) is 103 cm³/mol. The number of hydrogen-bond acceptors (Lipinski definition) is 5. The molecule has 0 radical (unpaired) electrons. The molecule has 4 rings (SSSR count). The van der Waals surface area contributed by atoms with Gasteiger partial charge in [-0.05, 0) is 36.4 Å². The number of urea groups is 1. The zero-order valence-corrected chi connectivity index (χ0v) is 15.5. The molecule has 1 N–H and O–H groups in total. The number of fused-ring (bicyclic) bond motifs is 1. The normalized spacial score (nSPS) is 13.8. The minimum Gasteiger partial charge on any atom is -0.497 e. The van der Waals surface area contributed by atoms with Crippen LogP contribution in [0.1, 0.15) is 0 Å². The van der Waals surface area contributed by atoms with Crippen LogP contribution in [0.15, 0.2) is 53.7 Å². The zero-order valence-electron chi connectivity index (χ0n) is 14.7. The van der Waals surface area contributed by atoms with Crippen molar-refractivity contribution in [3.8, 4) is 11.4 Å². The second-order valence-electron chi connectivity index (χ2n) is 5.98. The molecule has 1 fully saturated rings. The Labute approximate surface area is 160 Å². The summed E-state index contributed by atoms with van der Waals surface area (Å²) < 4.78 is 7.24. The quantitative estimate of drug-likeness (QED) is 0.687. The van der Waals surface area contributed by atoms with Crippen LogP contribution in [-0.2, 0) is 4.79 Å². The summed E-state index contributed by atoms with van der Waals surface area (Å²) in [6.45, 7) is 0.909. The van der Waals surface area contributed by atoms with Gasteiger partial charge in [0, 0.05) is 18.8 Å². The van der Waals surface area contributed by atoms with Crippen LogP contribution in [0.3, 0.4) is 0 Å². The standard InChI is InChI=1S/C19H18N4O3S/c1-26-14-8-6-13(7-9-14)23-16-5-3-2-4-15(16)21-19(23)27-12-17(24)22-11-10-20-18(22)25/h2-9H,10-12H2,1H3,(H,20,25). The molecule has 0 saturated carbocycles. The van der Waals surface area contributed by atoms with Crippen molar-refractivity contribution in [1.82, 2.24) is 19.8 Å². The average molecular weight is 382 g/mol. The van der Waals surface area contributed by atoms with Crippen LogP contribution < -0.4 is 10.1 Å². The van der Waals surface area contributed by atoms with E-state index in [1.165, 1.54) is 16.7 Å². The lowest BCUT2D eigenvalue weighted by molar-refractivity contribution is -0.124. The number of carbonyl (C=O) groups is 2. The lowest BCUT2D eigenvalue weighted by Crippen LogP contribution is -2.35. The molecule has 1 saturated heterocycles. The largest absolute Gasteiger partial charge is 0.497 e. The molecule has 2 heterocycles. The molecule has 0 unspecified atom stereocenters. The molecule has 1 aromatic heterocycles. The summed E-state index contributed by atoms with van der Waals surface area (Å²) in [5.41, 5.74) is 2.73. The smallest absolute Gasteiger partial charge is 0.324 e. The van der Waals surface area contributed by atoms with Gasteiger partial charge in [0.25, 0.3) is 0 Å². The molecule has 0 bridgehead atoms. The second-order valence-corrected chi connectivity index (χ2v) is 6.93. The van der Waals surface area contributed by atoms with Gasteiger partial charge in [-0.15, -0.1) is 0 Å². The van der Waals surface area contributed by atoms with Gasteiger partial charge in [-0.3, -0.25) is 14.3 Å². The summed E-state index contributed by atoms with van der Waals surface area (Å²) in [5.74, 6) is 0.698. The van der Waals surface area contributed by atoms with Gasteiger partial charge >= 0.3 is 6.03 Å². The fourth-order valence-corrected chi connectivity index (χ4v) is 3.90. The van der Waals surface area contributed by atoms with E-state index < -0.39 is 0 Å². The first kappa shape index (κ1) is 17.4. The third kappa shape index (κ3) is 3.35. The Morgan fingerprint density at radius 1 is 1.22 bits per heavy atom. The third-order valence-electron chi connectivity index (χ3n) is 4.34. The van der Waals surface area contributed by atoms with Gasteiger partial charge in [-0.2, -0.15) is 0 Å². The summed E-state index contributed by atoms with van der Waals surface area (Å²) in [7, 11) is 1.63. The van der Waals surface area contributed by atoms with E-state index in [1.807, 2.05) is 53.1 Å². The Morgan fingerprint density at radius 3 is 2.70 bits per heavy atom. The summed E-state index contributed by atoms with van der Waals surface area (Å²) in [6.07, 6.45) is 0. The molecule has 8 heteroatoms. The molecular weight excluding hydrogens is 364 g/mol. The van der Waals surface area contributed by atoms with E-state index in [9.17, 15) is 9.59 Å². The number of rotatable bonds is 5. The molecule has 1 aliphatic heterocycles. The van der Waals surface area contributed by atoms with Crippen LogP contribution >= 0.6 is 11.8 Å². The highest BCUT2D eigenvalue weighted by Gasteiger charge is 2.26. The topological polar surface area (TPSA) is 76.5 Å². The number of benzene rings is 2. The summed E-state index contributed by atoms with van der Waals surface area (Å²) in [5, 5.41) is 3.35. The maximum atomic E-state index is 12.4. The molecule has 3 amide bonds. The highest BCUT2D eigenvalue weighted by molar-refractivity contribution is 7.99. The van der Waals surface area contributed by atoms with Crippen molar-refractivity contribution in [2.45, 2.75) is 5.16 Å². The lowest BCUT2D eigenvalue weighted by atomic mass is 10.2. The van der Waals surface area contributed by atoms with Crippen molar-refractivity contribution in [2.24, 2.45) is 0 Å². The third-order valence-corrected chi connectivity index (χ3v) is 5.27. The summed E-state index contributed by atoms with van der Waals surface area (Å²) in [4.78, 5) is 30.0. The molecule has 0 atom stereocenters. The molecular formula is C19H18N4O3S. The molecule has 7 nitrogen and oxygen atoms in total. The monoisotopic (exact) mass is 382 g/mol. The van der Waals surface area contributed by atoms with Crippen LogP contribution in [0, 0.1) is 0 Å². The minimum atomic E-state index is -0.329. The van der Waals surface area contributed by atoms with Crippen molar-refractivity contribution in [1.29, 1.82) is 0 Å². The van der Waals surface area contributed by atoms with Crippen molar-refractivity contribution in [2.75, 3.05) is 26.0 Å². The van der Waals surface area contributed by atoms with Crippen LogP contribution in [-0.4, -0.2) is 52.3 Å². The number of para-hydroxylation sites is 2. The number of carbonyl (C=O) groups excluding carboxylic acids is 2. The van der Waals surface area contributed by atoms with Crippen LogP contribution in [0.2, 0.25) is 0 Å². The number of thioether (sulfide) groups is 1. The number of methoxy groups -OCH3 is 1. The number of ether oxygens (including phenoxy) is 1. The van der Waals surface area contributed by atoms with Crippen LogP contribution in [0.4, 0.5) is 4.79 Å². The minimum absolute atomic E-state index is 0.146. The van der Waals surface area contributed by atoms with Crippen molar-refractivity contribution in [3.05, 3.63) is 48.5 Å². The van der Waals surface area contributed by atoms with E-state index in [0.29, 0.717) is 18.2 Å². The second kappa shape index (κ2) is 7.32. The fourth-order valence-electron chi connectivity index (χ4n) is 3.00. The van der Waals surface area contributed by atoms with Gasteiger partial charge in [-0.25, -0.2) is 9.78 Å². The average Bonchev–Trinajstić information content (AvgIpc) is 3.29. The molecule has 1 aliphatic rings. The van der Waals surface area contributed by atoms with Gasteiger partial charge < -0.3 is 10.1 Å². The molecule has 2 aromatic carbocycles. The first-order chi connectivity index (χ1) is 13.2. The van der Waals surface area contributed by atoms with E-state index in [2.05, 4.69) is 10.3 Å². The Morgan fingerprint density at radius 2 is 2.00 bits per heavy atom. The Bertz CT molecular complexity index is 1000. The summed E-state index contributed by atoms with van der Waals surface area (Å²) >= 11 is 1.32. The van der Waals surface area contributed by atoms with E-state index in [4.69, 9.17) is 4.74 Å². The number of nitrogens with one attached hydrogen (secondary N) is 1. The fraction of sp³-hybridized carbons (Fsp3) is 0.211. The number of imidazole rings is 1. The van der Waals surface area contributed by atoms with Gasteiger partial charge in [-0.1, -0.05) is 23.9 Å². The molecule has 27 heavy (non-hydrogen) atoms. The number of aromatic nitrogens is 2. The Kier molecular flexibility index (Phi) is 4.72. The Balaban J connectivity index is 1.65. The first-order valence-corrected chi connectivity index (χ1v) is 9.49. The van der Waals surface area contributed by atoms with Gasteiger partial charge in [0.15, 0.2) is 5.16 Å². The zero-order chi connectivity index (χ0) is 18.8. The highest BCUT2D eigenvalue weighted by Crippen LogP contribution is 2.29. The van der Waals surface area contributed by atoms with E-state index in [-0.39, 0.29) is 17.7 Å². The lowest BCUT2D eigenvalue weighted by Gasteiger charge is -2.13. The Hall–Kier alpha value is -3.00. The van der Waals surface area contributed by atoms with E-state index >= 15 is 0 Å². The SMILES string of the molecule is COc1ccc(-n2c(SCC(=O)N3CCNC3=O)nc3ccccc32)cc1. The molecule has 0 aliphatic carbocycles. The van der Waals surface area contributed by atoms with E-state index in [0.717, 1.165) is 22.5 Å². The van der Waals surface area contributed by atoms with Crippen LogP contribution in [0.5, 0.6) is 5.75 Å².